The number of imidazole rings is 2. The summed E-state index contributed by atoms with van der Waals surface area (Å²) in [6.07, 6.45) is 1.63. The maximum atomic E-state index is 13.4. The van der Waals surface area contributed by atoms with Crippen molar-refractivity contribution in [2.24, 2.45) is 7.05 Å². The standard InChI is InChI=1S/C32H22N4O2/c1-35-30(21-12-6-3-7-13-21)34-32-31(35)33-27(36(32)19-20-10-4-2-5-11-20)18-26-28(37)24-16-22-14-8-9-15-23(22)17-25(24)29(26)38/h2-18H,19H2,1H3. The highest BCUT2D eigenvalue weighted by atomic mass is 16.2. The quantitative estimate of drug-likeness (QED) is 0.219. The molecule has 0 radical (unpaired) electrons. The van der Waals surface area contributed by atoms with E-state index in [1.807, 2.05) is 113 Å². The molecule has 182 valence electrons. The van der Waals surface area contributed by atoms with Gasteiger partial charge >= 0.3 is 0 Å². The fraction of sp³-hybridized carbons (Fsp3) is 0.0625. The second-order valence-electron chi connectivity index (χ2n) is 9.51. The normalized spacial score (nSPS) is 13.0. The first-order valence-electron chi connectivity index (χ1n) is 12.4. The smallest absolute Gasteiger partial charge is 0.197 e. The molecule has 1 aliphatic rings. The number of ketones is 2. The van der Waals surface area contributed by atoms with Crippen LogP contribution >= 0.6 is 0 Å². The zero-order chi connectivity index (χ0) is 25.8. The van der Waals surface area contributed by atoms with Gasteiger partial charge in [0.15, 0.2) is 22.9 Å². The first kappa shape index (κ1) is 22.1. The number of benzene rings is 4. The summed E-state index contributed by atoms with van der Waals surface area (Å²) in [7, 11) is 1.93. The molecule has 0 aliphatic heterocycles. The molecule has 2 aromatic heterocycles. The zero-order valence-corrected chi connectivity index (χ0v) is 20.6. The summed E-state index contributed by atoms with van der Waals surface area (Å²) in [5.74, 6) is 0.783. The molecule has 0 amide bonds. The molecular formula is C32H22N4O2. The average molecular weight is 495 g/mol. The Labute approximate surface area is 218 Å². The third-order valence-electron chi connectivity index (χ3n) is 7.15. The molecule has 0 N–H and O–H groups in total. The van der Waals surface area contributed by atoms with E-state index in [0.717, 1.165) is 27.7 Å². The van der Waals surface area contributed by atoms with E-state index in [4.69, 9.17) is 9.97 Å². The number of rotatable bonds is 4. The highest BCUT2D eigenvalue weighted by Gasteiger charge is 2.34. The topological polar surface area (TPSA) is 69.8 Å². The molecule has 6 aromatic rings. The zero-order valence-electron chi connectivity index (χ0n) is 20.6. The number of hydrogen-bond donors (Lipinski definition) is 0. The Morgan fingerprint density at radius 2 is 1.29 bits per heavy atom. The summed E-state index contributed by atoms with van der Waals surface area (Å²) in [4.78, 5) is 36.7. The summed E-state index contributed by atoms with van der Waals surface area (Å²) in [6, 6.07) is 31.4. The summed E-state index contributed by atoms with van der Waals surface area (Å²) in [5, 5.41) is 1.87. The Hall–Kier alpha value is -5.10. The van der Waals surface area contributed by atoms with Crippen LogP contribution in [-0.4, -0.2) is 30.7 Å². The van der Waals surface area contributed by atoms with E-state index in [1.54, 1.807) is 6.08 Å². The van der Waals surface area contributed by atoms with Crippen molar-refractivity contribution in [2.45, 2.75) is 6.54 Å². The second-order valence-corrected chi connectivity index (χ2v) is 9.51. The predicted molar refractivity (Wildman–Crippen MR) is 148 cm³/mol. The molecule has 0 spiro atoms. The lowest BCUT2D eigenvalue weighted by Crippen LogP contribution is -2.06. The van der Waals surface area contributed by atoms with Crippen LogP contribution in [0.1, 0.15) is 32.1 Å². The molecule has 7 rings (SSSR count). The Balaban J connectivity index is 1.39. The number of aromatic nitrogens is 4. The molecule has 38 heavy (non-hydrogen) atoms. The minimum absolute atomic E-state index is 0.128. The molecule has 0 saturated carbocycles. The first-order chi connectivity index (χ1) is 18.6. The molecule has 6 nitrogen and oxygen atoms in total. The van der Waals surface area contributed by atoms with Gasteiger partial charge in [0, 0.05) is 23.7 Å². The molecular weight excluding hydrogens is 472 g/mol. The third-order valence-corrected chi connectivity index (χ3v) is 7.15. The Morgan fingerprint density at radius 1 is 0.711 bits per heavy atom. The summed E-state index contributed by atoms with van der Waals surface area (Å²) in [5.41, 5.74) is 4.45. The Bertz CT molecular complexity index is 1870. The van der Waals surface area contributed by atoms with Gasteiger partial charge in [-0.2, -0.15) is 0 Å². The fourth-order valence-corrected chi connectivity index (χ4v) is 5.21. The van der Waals surface area contributed by atoms with Gasteiger partial charge in [-0.25, -0.2) is 9.97 Å². The second kappa shape index (κ2) is 8.49. The molecule has 0 fully saturated rings. The van der Waals surface area contributed by atoms with Crippen LogP contribution in [-0.2, 0) is 13.6 Å². The predicted octanol–water partition coefficient (Wildman–Crippen LogP) is 6.10. The lowest BCUT2D eigenvalue weighted by atomic mass is 10.0. The van der Waals surface area contributed by atoms with Crippen molar-refractivity contribution in [1.29, 1.82) is 0 Å². The molecule has 2 heterocycles. The van der Waals surface area contributed by atoms with Gasteiger partial charge in [0.2, 0.25) is 0 Å². The van der Waals surface area contributed by atoms with E-state index in [-0.39, 0.29) is 17.1 Å². The molecule has 1 aliphatic carbocycles. The number of carbonyl (C=O) groups is 2. The van der Waals surface area contributed by atoms with Gasteiger partial charge in [-0.05, 0) is 34.5 Å². The van der Waals surface area contributed by atoms with Crippen molar-refractivity contribution in [3.63, 3.8) is 0 Å². The lowest BCUT2D eigenvalue weighted by molar-refractivity contribution is 0.0990. The number of hydrogen-bond acceptors (Lipinski definition) is 4. The van der Waals surface area contributed by atoms with Gasteiger partial charge in [0.05, 0.1) is 12.1 Å². The minimum atomic E-state index is -0.271. The SMILES string of the molecule is Cn1c(-c2ccccc2)nc2c1nc(C=C1C(=O)c3cc4ccccc4cc3C1=O)n2Cc1ccccc1. The van der Waals surface area contributed by atoms with Gasteiger partial charge in [-0.1, -0.05) is 84.9 Å². The average Bonchev–Trinajstić information content (AvgIpc) is 3.54. The van der Waals surface area contributed by atoms with E-state index in [0.29, 0.717) is 34.8 Å². The Kier molecular flexibility index (Phi) is 4.94. The maximum Gasteiger partial charge on any atom is 0.197 e. The van der Waals surface area contributed by atoms with E-state index in [1.165, 1.54) is 0 Å². The van der Waals surface area contributed by atoms with Gasteiger partial charge in [0.1, 0.15) is 11.6 Å². The summed E-state index contributed by atoms with van der Waals surface area (Å²) < 4.78 is 3.93. The van der Waals surface area contributed by atoms with E-state index >= 15 is 0 Å². The van der Waals surface area contributed by atoms with Crippen LogP contribution in [0.3, 0.4) is 0 Å². The van der Waals surface area contributed by atoms with Crippen molar-refractivity contribution < 1.29 is 9.59 Å². The third kappa shape index (κ3) is 3.42. The van der Waals surface area contributed by atoms with Crippen LogP contribution in [0.25, 0.3) is 39.5 Å². The van der Waals surface area contributed by atoms with Crippen molar-refractivity contribution >= 4 is 39.7 Å². The number of aryl methyl sites for hydroxylation is 1. The summed E-state index contributed by atoms with van der Waals surface area (Å²) in [6.45, 7) is 0.501. The highest BCUT2D eigenvalue weighted by molar-refractivity contribution is 6.42. The van der Waals surface area contributed by atoms with Crippen LogP contribution in [0.5, 0.6) is 0 Å². The van der Waals surface area contributed by atoms with Crippen LogP contribution in [0.15, 0.2) is 103 Å². The van der Waals surface area contributed by atoms with Crippen LogP contribution in [0, 0.1) is 0 Å². The van der Waals surface area contributed by atoms with Gasteiger partial charge in [-0.3, -0.25) is 9.59 Å². The minimum Gasteiger partial charge on any atom is -0.310 e. The maximum absolute atomic E-state index is 13.4. The van der Waals surface area contributed by atoms with Gasteiger partial charge in [0.25, 0.3) is 0 Å². The molecule has 0 bridgehead atoms. The van der Waals surface area contributed by atoms with E-state index < -0.39 is 0 Å². The van der Waals surface area contributed by atoms with Gasteiger partial charge < -0.3 is 9.13 Å². The van der Waals surface area contributed by atoms with Gasteiger partial charge in [-0.15, -0.1) is 0 Å². The van der Waals surface area contributed by atoms with Crippen molar-refractivity contribution in [2.75, 3.05) is 0 Å². The molecule has 0 atom stereocenters. The summed E-state index contributed by atoms with van der Waals surface area (Å²) >= 11 is 0. The van der Waals surface area contributed by atoms with Crippen LogP contribution in [0.4, 0.5) is 0 Å². The van der Waals surface area contributed by atoms with Crippen molar-refractivity contribution in [3.05, 3.63) is 125 Å². The number of fused-ring (bicyclic) bond motifs is 3. The molecule has 0 saturated heterocycles. The number of carbonyl (C=O) groups excluding carboxylic acids is 2. The van der Waals surface area contributed by atoms with Crippen molar-refractivity contribution in [1.82, 2.24) is 19.1 Å². The van der Waals surface area contributed by atoms with Crippen LogP contribution in [0.2, 0.25) is 0 Å². The number of Topliss-reactive ketones (excluding diaryl/α,β-unsaturated/α-hetero) is 2. The Morgan fingerprint density at radius 3 is 1.92 bits per heavy atom. The highest BCUT2D eigenvalue weighted by Crippen LogP contribution is 2.32. The first-order valence-corrected chi connectivity index (χ1v) is 12.4. The lowest BCUT2D eigenvalue weighted by Gasteiger charge is -2.07. The van der Waals surface area contributed by atoms with Crippen LogP contribution < -0.4 is 0 Å². The molecule has 6 heteroatoms. The number of nitrogens with zero attached hydrogens (tertiary/aromatic N) is 4. The molecule has 4 aromatic carbocycles. The monoisotopic (exact) mass is 494 g/mol. The largest absolute Gasteiger partial charge is 0.310 e. The molecule has 0 unspecified atom stereocenters. The van der Waals surface area contributed by atoms with E-state index in [9.17, 15) is 9.59 Å². The number of allylic oxidation sites excluding steroid dienone is 1. The van der Waals surface area contributed by atoms with E-state index in [2.05, 4.69) is 0 Å². The van der Waals surface area contributed by atoms with Crippen molar-refractivity contribution in [3.8, 4) is 11.4 Å². The fourth-order valence-electron chi connectivity index (χ4n) is 5.21.